The van der Waals surface area contributed by atoms with Gasteiger partial charge in [0.25, 0.3) is 0 Å². The number of nitrogens with zero attached hydrogens (tertiary/aromatic N) is 1. The van der Waals surface area contributed by atoms with Crippen molar-refractivity contribution in [3.63, 3.8) is 0 Å². The molecule has 0 saturated carbocycles. The molecule has 0 radical (unpaired) electrons. The molecule has 170 valence electrons. The van der Waals surface area contributed by atoms with E-state index in [1.54, 1.807) is 0 Å². The highest BCUT2D eigenvalue weighted by molar-refractivity contribution is 5.82. The molecule has 34 heavy (non-hydrogen) atoms. The first kappa shape index (κ1) is 23.3. The Morgan fingerprint density at radius 2 is 1.32 bits per heavy atom. The van der Waals surface area contributed by atoms with E-state index in [4.69, 9.17) is 0 Å². The second-order valence-corrected chi connectivity index (χ2v) is 8.78. The lowest BCUT2D eigenvalue weighted by Gasteiger charge is -2.30. The Morgan fingerprint density at radius 1 is 0.647 bits per heavy atom. The summed E-state index contributed by atoms with van der Waals surface area (Å²) < 4.78 is 0. The van der Waals surface area contributed by atoms with E-state index in [9.17, 15) is 0 Å². The third-order valence-corrected chi connectivity index (χ3v) is 6.16. The second-order valence-electron chi connectivity index (χ2n) is 8.78. The fourth-order valence-corrected chi connectivity index (χ4v) is 4.40. The summed E-state index contributed by atoms with van der Waals surface area (Å²) in [5.41, 5.74) is 11.3. The summed E-state index contributed by atoms with van der Waals surface area (Å²) in [6.07, 6.45) is 9.45. The first-order chi connectivity index (χ1) is 16.6. The van der Waals surface area contributed by atoms with Crippen molar-refractivity contribution < 1.29 is 0 Å². The number of benzene rings is 4. The molecule has 4 aromatic rings. The SMILES string of the molecule is CCc1cccc(C)c1N(c1ccc(C=CC=Cc2ccccc2)cc1)c1ccc(C)cc1C. The fourth-order valence-electron chi connectivity index (χ4n) is 4.40. The lowest BCUT2D eigenvalue weighted by molar-refractivity contribution is 1.10. The minimum absolute atomic E-state index is 0.993. The van der Waals surface area contributed by atoms with Crippen molar-refractivity contribution in [1.82, 2.24) is 0 Å². The third-order valence-electron chi connectivity index (χ3n) is 6.16. The van der Waals surface area contributed by atoms with E-state index in [2.05, 4.69) is 142 Å². The summed E-state index contributed by atoms with van der Waals surface area (Å²) in [6.45, 7) is 8.80. The summed E-state index contributed by atoms with van der Waals surface area (Å²) >= 11 is 0. The van der Waals surface area contributed by atoms with Gasteiger partial charge in [-0.1, -0.05) is 110 Å². The van der Waals surface area contributed by atoms with Crippen LogP contribution < -0.4 is 4.90 Å². The zero-order valence-corrected chi connectivity index (χ0v) is 20.6. The molecule has 0 bridgehead atoms. The topological polar surface area (TPSA) is 3.24 Å². The quantitative estimate of drug-likeness (QED) is 0.257. The molecular weight excluding hydrogens is 410 g/mol. The van der Waals surface area contributed by atoms with E-state index in [0.717, 1.165) is 6.42 Å². The Balaban J connectivity index is 1.69. The summed E-state index contributed by atoms with van der Waals surface area (Å²) in [5, 5.41) is 0. The predicted octanol–water partition coefficient (Wildman–Crippen LogP) is 9.37. The molecule has 0 heterocycles. The summed E-state index contributed by atoms with van der Waals surface area (Å²) in [7, 11) is 0. The highest BCUT2D eigenvalue weighted by atomic mass is 15.1. The summed E-state index contributed by atoms with van der Waals surface area (Å²) in [5.74, 6) is 0. The van der Waals surface area contributed by atoms with Gasteiger partial charge < -0.3 is 4.90 Å². The van der Waals surface area contributed by atoms with Crippen LogP contribution in [0.25, 0.3) is 12.2 Å². The fraction of sp³-hybridized carbons (Fsp3) is 0.152. The van der Waals surface area contributed by atoms with Crippen molar-refractivity contribution in [2.24, 2.45) is 0 Å². The van der Waals surface area contributed by atoms with Crippen LogP contribution in [0.2, 0.25) is 0 Å². The molecule has 1 heteroatoms. The van der Waals surface area contributed by atoms with Crippen LogP contribution in [-0.2, 0) is 6.42 Å². The number of aryl methyl sites for hydroxylation is 4. The van der Waals surface area contributed by atoms with Crippen LogP contribution in [0.1, 0.15) is 40.3 Å². The summed E-state index contributed by atoms with van der Waals surface area (Å²) in [4.78, 5) is 2.42. The van der Waals surface area contributed by atoms with Crippen LogP contribution in [0.3, 0.4) is 0 Å². The largest absolute Gasteiger partial charge is 0.310 e. The smallest absolute Gasteiger partial charge is 0.0522 e. The molecule has 1 nitrogen and oxygen atoms in total. The first-order valence-electron chi connectivity index (χ1n) is 12.0. The number of anilines is 3. The zero-order valence-electron chi connectivity index (χ0n) is 20.6. The van der Waals surface area contributed by atoms with Gasteiger partial charge in [-0.3, -0.25) is 0 Å². The minimum Gasteiger partial charge on any atom is -0.310 e. The Morgan fingerprint density at radius 3 is 1.97 bits per heavy atom. The maximum absolute atomic E-state index is 2.42. The van der Waals surface area contributed by atoms with E-state index in [-0.39, 0.29) is 0 Å². The third kappa shape index (κ3) is 5.38. The van der Waals surface area contributed by atoms with Gasteiger partial charge in [0.2, 0.25) is 0 Å². The average molecular weight is 444 g/mol. The van der Waals surface area contributed by atoms with Gasteiger partial charge in [-0.05, 0) is 73.2 Å². The van der Waals surface area contributed by atoms with Crippen molar-refractivity contribution in [2.75, 3.05) is 4.90 Å². The zero-order chi connectivity index (χ0) is 23.9. The van der Waals surface area contributed by atoms with Crippen molar-refractivity contribution >= 4 is 29.2 Å². The van der Waals surface area contributed by atoms with E-state index in [1.165, 1.54) is 50.4 Å². The predicted molar refractivity (Wildman–Crippen MR) is 149 cm³/mol. The van der Waals surface area contributed by atoms with Crippen molar-refractivity contribution in [3.8, 4) is 0 Å². The molecular formula is C33H33N. The Bertz CT molecular complexity index is 1290. The van der Waals surface area contributed by atoms with Crippen LogP contribution in [0.15, 0.2) is 103 Å². The standard InChI is InChI=1S/C33H33N/c1-5-30-17-11-12-26(3)33(30)34(32-23-18-25(2)24-27(32)4)31-21-19-29(20-22-31)16-10-9-15-28-13-7-6-8-14-28/h6-24H,5H2,1-4H3. The maximum Gasteiger partial charge on any atom is 0.0522 e. The van der Waals surface area contributed by atoms with E-state index in [1.807, 2.05) is 6.07 Å². The molecule has 0 amide bonds. The molecule has 0 saturated heterocycles. The normalized spacial score (nSPS) is 11.4. The molecule has 0 fully saturated rings. The van der Waals surface area contributed by atoms with E-state index >= 15 is 0 Å². The molecule has 0 spiro atoms. The second kappa shape index (κ2) is 10.9. The molecule has 0 aromatic heterocycles. The van der Waals surface area contributed by atoms with Crippen molar-refractivity contribution in [1.29, 1.82) is 0 Å². The first-order valence-corrected chi connectivity index (χ1v) is 12.0. The highest BCUT2D eigenvalue weighted by Crippen LogP contribution is 2.40. The maximum atomic E-state index is 2.42. The lowest BCUT2D eigenvalue weighted by atomic mass is 10.0. The van der Waals surface area contributed by atoms with Crippen LogP contribution in [0.4, 0.5) is 17.1 Å². The van der Waals surface area contributed by atoms with Crippen LogP contribution in [-0.4, -0.2) is 0 Å². The summed E-state index contributed by atoms with van der Waals surface area (Å²) in [6, 6.07) is 32.6. The molecule has 0 N–H and O–H groups in total. The average Bonchev–Trinajstić information content (AvgIpc) is 2.85. The van der Waals surface area contributed by atoms with Gasteiger partial charge in [-0.15, -0.1) is 0 Å². The number of allylic oxidation sites excluding steroid dienone is 2. The molecule has 0 atom stereocenters. The minimum atomic E-state index is 0.993. The number of rotatable bonds is 7. The Labute approximate surface area is 204 Å². The molecule has 0 aliphatic carbocycles. The van der Waals surface area contributed by atoms with Gasteiger partial charge in [0.15, 0.2) is 0 Å². The molecule has 0 aliphatic rings. The van der Waals surface area contributed by atoms with Gasteiger partial charge in [-0.25, -0.2) is 0 Å². The number of hydrogen-bond acceptors (Lipinski definition) is 1. The van der Waals surface area contributed by atoms with Gasteiger partial charge in [-0.2, -0.15) is 0 Å². The van der Waals surface area contributed by atoms with Gasteiger partial charge in [0.1, 0.15) is 0 Å². The van der Waals surface area contributed by atoms with Crippen molar-refractivity contribution in [2.45, 2.75) is 34.1 Å². The van der Waals surface area contributed by atoms with Crippen molar-refractivity contribution in [3.05, 3.63) is 137 Å². The van der Waals surface area contributed by atoms with Crippen LogP contribution in [0.5, 0.6) is 0 Å². The van der Waals surface area contributed by atoms with Crippen LogP contribution >= 0.6 is 0 Å². The van der Waals surface area contributed by atoms with E-state index < -0.39 is 0 Å². The number of hydrogen-bond donors (Lipinski definition) is 0. The van der Waals surface area contributed by atoms with Crippen LogP contribution in [0, 0.1) is 20.8 Å². The van der Waals surface area contributed by atoms with E-state index in [0.29, 0.717) is 0 Å². The number of para-hydroxylation sites is 1. The van der Waals surface area contributed by atoms with Gasteiger partial charge in [0.05, 0.1) is 5.69 Å². The monoisotopic (exact) mass is 443 g/mol. The molecule has 0 unspecified atom stereocenters. The van der Waals surface area contributed by atoms with Gasteiger partial charge in [0, 0.05) is 11.4 Å². The molecule has 4 aromatic carbocycles. The Hall–Kier alpha value is -3.84. The highest BCUT2D eigenvalue weighted by Gasteiger charge is 2.19. The lowest BCUT2D eigenvalue weighted by Crippen LogP contribution is -2.14. The molecule has 4 rings (SSSR count). The molecule has 0 aliphatic heterocycles. The van der Waals surface area contributed by atoms with Gasteiger partial charge >= 0.3 is 0 Å². The Kier molecular flexibility index (Phi) is 7.44.